The van der Waals surface area contributed by atoms with Gasteiger partial charge in [0.2, 0.25) is 11.8 Å². The standard InChI is InChI=1S/C23H25Cl2N3O4/c1-4-10-28(14-20-26-27-22(32-20)16-8-6-7-9-17(16)24)23(29)15-12-18(25)21(31-11-5-2)19(13-15)30-3/h6-9,12-13H,4-5,10-11,14H2,1-3H3. The van der Waals surface area contributed by atoms with Crippen molar-refractivity contribution in [1.29, 1.82) is 0 Å². The third-order valence-corrected chi connectivity index (χ3v) is 5.22. The molecular weight excluding hydrogens is 453 g/mol. The van der Waals surface area contributed by atoms with Crippen LogP contribution in [0.4, 0.5) is 0 Å². The van der Waals surface area contributed by atoms with Crippen molar-refractivity contribution in [2.75, 3.05) is 20.3 Å². The number of ether oxygens (including phenoxy) is 2. The molecule has 3 rings (SSSR count). The Balaban J connectivity index is 1.84. The first-order valence-corrected chi connectivity index (χ1v) is 11.1. The van der Waals surface area contributed by atoms with E-state index in [0.717, 1.165) is 12.8 Å². The van der Waals surface area contributed by atoms with Gasteiger partial charge >= 0.3 is 0 Å². The van der Waals surface area contributed by atoms with E-state index in [-0.39, 0.29) is 12.5 Å². The molecule has 0 radical (unpaired) electrons. The third-order valence-electron chi connectivity index (χ3n) is 4.60. The second kappa shape index (κ2) is 11.2. The highest BCUT2D eigenvalue weighted by Crippen LogP contribution is 2.37. The van der Waals surface area contributed by atoms with Gasteiger partial charge < -0.3 is 18.8 Å². The highest BCUT2D eigenvalue weighted by atomic mass is 35.5. The topological polar surface area (TPSA) is 77.7 Å². The largest absolute Gasteiger partial charge is 0.493 e. The Morgan fingerprint density at radius 1 is 1.09 bits per heavy atom. The summed E-state index contributed by atoms with van der Waals surface area (Å²) in [5.41, 5.74) is 1.02. The van der Waals surface area contributed by atoms with Crippen molar-refractivity contribution in [2.45, 2.75) is 33.2 Å². The summed E-state index contributed by atoms with van der Waals surface area (Å²) in [4.78, 5) is 14.9. The number of carbonyl (C=O) groups excluding carboxylic acids is 1. The molecule has 170 valence electrons. The van der Waals surface area contributed by atoms with Crippen molar-refractivity contribution in [1.82, 2.24) is 15.1 Å². The zero-order valence-corrected chi connectivity index (χ0v) is 19.7. The van der Waals surface area contributed by atoms with Gasteiger partial charge in [-0.15, -0.1) is 10.2 Å². The molecule has 0 saturated carbocycles. The molecule has 0 atom stereocenters. The molecule has 9 heteroatoms. The summed E-state index contributed by atoms with van der Waals surface area (Å²) in [6, 6.07) is 10.4. The summed E-state index contributed by atoms with van der Waals surface area (Å²) < 4.78 is 16.9. The monoisotopic (exact) mass is 477 g/mol. The Hall–Kier alpha value is -2.77. The van der Waals surface area contributed by atoms with Gasteiger partial charge in [-0.25, -0.2) is 0 Å². The predicted octanol–water partition coefficient (Wildman–Crippen LogP) is 5.89. The van der Waals surface area contributed by atoms with Gasteiger partial charge in [-0.1, -0.05) is 49.2 Å². The molecule has 0 aliphatic heterocycles. The number of methoxy groups -OCH3 is 1. The number of amides is 1. The minimum Gasteiger partial charge on any atom is -0.493 e. The van der Waals surface area contributed by atoms with Gasteiger partial charge in [0.05, 0.1) is 35.9 Å². The molecule has 0 saturated heterocycles. The number of benzene rings is 2. The first kappa shape index (κ1) is 23.9. The van der Waals surface area contributed by atoms with E-state index in [4.69, 9.17) is 37.1 Å². The van der Waals surface area contributed by atoms with Crippen LogP contribution in [-0.2, 0) is 6.54 Å². The van der Waals surface area contributed by atoms with Crippen molar-refractivity contribution >= 4 is 29.1 Å². The Labute approximate surface area is 197 Å². The van der Waals surface area contributed by atoms with Crippen LogP contribution in [0, 0.1) is 0 Å². The Kier molecular flexibility index (Phi) is 8.36. The normalized spacial score (nSPS) is 10.8. The maximum Gasteiger partial charge on any atom is 0.254 e. The lowest BCUT2D eigenvalue weighted by Crippen LogP contribution is -2.31. The van der Waals surface area contributed by atoms with Gasteiger partial charge in [-0.05, 0) is 37.1 Å². The van der Waals surface area contributed by atoms with Gasteiger partial charge in [-0.3, -0.25) is 4.79 Å². The SMILES string of the molecule is CCCOc1c(Cl)cc(C(=O)N(CCC)Cc2nnc(-c3ccccc3Cl)o2)cc1OC. The molecule has 0 aliphatic carbocycles. The second-order valence-corrected chi connectivity index (χ2v) is 7.86. The number of halogens is 2. The van der Waals surface area contributed by atoms with E-state index in [2.05, 4.69) is 10.2 Å². The Morgan fingerprint density at radius 2 is 1.88 bits per heavy atom. The molecule has 0 spiro atoms. The number of nitrogens with zero attached hydrogens (tertiary/aromatic N) is 3. The van der Waals surface area contributed by atoms with E-state index in [1.54, 1.807) is 29.2 Å². The maximum absolute atomic E-state index is 13.3. The molecule has 0 fully saturated rings. The number of hydrogen-bond acceptors (Lipinski definition) is 6. The molecule has 0 bridgehead atoms. The first-order valence-electron chi connectivity index (χ1n) is 10.3. The van der Waals surface area contributed by atoms with Crippen LogP contribution in [0.2, 0.25) is 10.0 Å². The van der Waals surface area contributed by atoms with E-state index < -0.39 is 0 Å². The summed E-state index contributed by atoms with van der Waals surface area (Å²) in [5.74, 6) is 1.21. The molecule has 1 aromatic heterocycles. The van der Waals surface area contributed by atoms with Crippen LogP contribution in [-0.4, -0.2) is 41.3 Å². The van der Waals surface area contributed by atoms with Crippen LogP contribution < -0.4 is 9.47 Å². The first-order chi connectivity index (χ1) is 15.5. The van der Waals surface area contributed by atoms with Crippen LogP contribution in [0.1, 0.15) is 42.9 Å². The van der Waals surface area contributed by atoms with Crippen molar-refractivity contribution in [2.24, 2.45) is 0 Å². The molecule has 1 heterocycles. The van der Waals surface area contributed by atoms with E-state index in [1.807, 2.05) is 26.0 Å². The van der Waals surface area contributed by atoms with Gasteiger partial charge in [0.25, 0.3) is 5.91 Å². The van der Waals surface area contributed by atoms with Crippen LogP contribution in [0.3, 0.4) is 0 Å². The van der Waals surface area contributed by atoms with E-state index in [0.29, 0.717) is 57.6 Å². The summed E-state index contributed by atoms with van der Waals surface area (Å²) in [5, 5.41) is 8.99. The van der Waals surface area contributed by atoms with Crippen molar-refractivity contribution in [3.8, 4) is 23.0 Å². The molecule has 32 heavy (non-hydrogen) atoms. The minimum absolute atomic E-state index is 0.151. The van der Waals surface area contributed by atoms with Gasteiger partial charge in [0.15, 0.2) is 11.5 Å². The van der Waals surface area contributed by atoms with Crippen molar-refractivity contribution in [3.63, 3.8) is 0 Å². The number of hydrogen-bond donors (Lipinski definition) is 0. The fraction of sp³-hybridized carbons (Fsp3) is 0.348. The number of carbonyl (C=O) groups is 1. The summed E-state index contributed by atoms with van der Waals surface area (Å²) in [6.07, 6.45) is 1.57. The van der Waals surface area contributed by atoms with Gasteiger partial charge in [0.1, 0.15) is 0 Å². The lowest BCUT2D eigenvalue weighted by atomic mass is 10.1. The summed E-state index contributed by atoms with van der Waals surface area (Å²) in [7, 11) is 1.51. The predicted molar refractivity (Wildman–Crippen MR) is 124 cm³/mol. The third kappa shape index (κ3) is 5.53. The number of rotatable bonds is 10. The van der Waals surface area contributed by atoms with Crippen molar-refractivity contribution < 1.29 is 18.7 Å². The average molecular weight is 478 g/mol. The Morgan fingerprint density at radius 3 is 2.56 bits per heavy atom. The smallest absolute Gasteiger partial charge is 0.254 e. The molecule has 1 amide bonds. The molecule has 0 N–H and O–H groups in total. The Bertz CT molecular complexity index is 1070. The molecule has 7 nitrogen and oxygen atoms in total. The average Bonchev–Trinajstić information content (AvgIpc) is 3.25. The van der Waals surface area contributed by atoms with Gasteiger partial charge in [0, 0.05) is 12.1 Å². The molecular formula is C23H25Cl2N3O4. The molecule has 3 aromatic rings. The second-order valence-electron chi connectivity index (χ2n) is 7.05. The van der Waals surface area contributed by atoms with E-state index in [9.17, 15) is 4.79 Å². The molecule has 0 unspecified atom stereocenters. The fourth-order valence-electron chi connectivity index (χ4n) is 3.12. The van der Waals surface area contributed by atoms with Crippen LogP contribution in [0.15, 0.2) is 40.8 Å². The van der Waals surface area contributed by atoms with E-state index in [1.165, 1.54) is 7.11 Å². The van der Waals surface area contributed by atoms with Gasteiger partial charge in [-0.2, -0.15) is 0 Å². The molecule has 2 aromatic carbocycles. The van der Waals surface area contributed by atoms with Crippen molar-refractivity contribution in [3.05, 3.63) is 57.9 Å². The van der Waals surface area contributed by atoms with E-state index >= 15 is 0 Å². The zero-order chi connectivity index (χ0) is 23.1. The summed E-state index contributed by atoms with van der Waals surface area (Å²) in [6.45, 7) is 5.12. The quantitative estimate of drug-likeness (QED) is 0.362. The van der Waals surface area contributed by atoms with Crippen LogP contribution in [0.25, 0.3) is 11.5 Å². The highest BCUT2D eigenvalue weighted by Gasteiger charge is 2.22. The van der Waals surface area contributed by atoms with Crippen LogP contribution in [0.5, 0.6) is 11.5 Å². The fourth-order valence-corrected chi connectivity index (χ4v) is 3.60. The maximum atomic E-state index is 13.3. The lowest BCUT2D eigenvalue weighted by molar-refractivity contribution is 0.0728. The minimum atomic E-state index is -0.230. The highest BCUT2D eigenvalue weighted by molar-refractivity contribution is 6.33. The number of aromatic nitrogens is 2. The van der Waals surface area contributed by atoms with Crippen LogP contribution >= 0.6 is 23.2 Å². The lowest BCUT2D eigenvalue weighted by Gasteiger charge is -2.21. The molecule has 0 aliphatic rings. The zero-order valence-electron chi connectivity index (χ0n) is 18.2. The summed E-state index contributed by atoms with van der Waals surface area (Å²) >= 11 is 12.6.